The molecule has 0 radical (unpaired) electrons. The van der Waals surface area contributed by atoms with Gasteiger partial charge in [0.1, 0.15) is 10.6 Å². The second-order valence-corrected chi connectivity index (χ2v) is 9.29. The van der Waals surface area contributed by atoms with Crippen LogP contribution in [0.1, 0.15) is 35.3 Å². The monoisotopic (exact) mass is 447 g/mol. The number of benzene rings is 2. The van der Waals surface area contributed by atoms with Crippen LogP contribution in [-0.2, 0) is 30.7 Å². The number of rotatable bonds is 6. The number of nitrogens with zero attached hydrogens (tertiary/aromatic N) is 2. The first-order chi connectivity index (χ1) is 15.6. The molecule has 0 spiro atoms. The van der Waals surface area contributed by atoms with Crippen molar-refractivity contribution in [3.05, 3.63) is 69.1 Å². The number of hydrogen-bond donors (Lipinski definition) is 1. The smallest absolute Gasteiger partial charge is 0.262 e. The Kier molecular flexibility index (Phi) is 5.66. The van der Waals surface area contributed by atoms with Crippen molar-refractivity contribution in [2.45, 2.75) is 45.2 Å². The van der Waals surface area contributed by atoms with Gasteiger partial charge in [0.2, 0.25) is 5.91 Å². The van der Waals surface area contributed by atoms with Gasteiger partial charge in [-0.05, 0) is 65.8 Å². The maximum atomic E-state index is 13.0. The molecular formula is C25H25N3O3S. The topological polar surface area (TPSA) is 73.2 Å². The van der Waals surface area contributed by atoms with Crippen LogP contribution in [0.2, 0.25) is 0 Å². The number of ether oxygens (including phenoxy) is 1. The molecule has 0 aliphatic heterocycles. The van der Waals surface area contributed by atoms with Crippen LogP contribution in [0.25, 0.3) is 21.0 Å². The van der Waals surface area contributed by atoms with Crippen LogP contribution >= 0.6 is 11.3 Å². The molecule has 2 heterocycles. The van der Waals surface area contributed by atoms with Crippen LogP contribution in [-0.4, -0.2) is 22.6 Å². The third-order valence-electron chi connectivity index (χ3n) is 6.12. The standard InChI is InChI=1S/C25H25N3O3S/c1-31-19-9-8-17-12-16(6-7-18(17)13-19)14-26-22(29)10-11-28-15-27-24-23(25(28)30)20-4-2-3-5-21(20)32-24/h6-9,12-13,15H,2-5,10-11,14H2,1H3,(H,26,29). The van der Waals surface area contributed by atoms with Crippen LogP contribution in [0.15, 0.2) is 47.5 Å². The normalized spacial score (nSPS) is 13.3. The third-order valence-corrected chi connectivity index (χ3v) is 7.32. The molecular weight excluding hydrogens is 422 g/mol. The molecule has 32 heavy (non-hydrogen) atoms. The third kappa shape index (κ3) is 4.00. The average molecular weight is 448 g/mol. The lowest BCUT2D eigenvalue weighted by molar-refractivity contribution is -0.121. The number of hydrogen-bond acceptors (Lipinski definition) is 5. The van der Waals surface area contributed by atoms with E-state index in [1.807, 2.05) is 30.3 Å². The highest BCUT2D eigenvalue weighted by molar-refractivity contribution is 7.18. The number of aromatic nitrogens is 2. The van der Waals surface area contributed by atoms with E-state index in [0.29, 0.717) is 13.1 Å². The summed E-state index contributed by atoms with van der Waals surface area (Å²) >= 11 is 1.64. The molecule has 5 rings (SSSR count). The second kappa shape index (κ2) is 8.74. The minimum atomic E-state index is -0.0841. The predicted octanol–water partition coefficient (Wildman–Crippen LogP) is 4.21. The molecule has 7 heteroatoms. The quantitative estimate of drug-likeness (QED) is 0.481. The van der Waals surface area contributed by atoms with Crippen molar-refractivity contribution in [2.75, 3.05) is 7.11 Å². The predicted molar refractivity (Wildman–Crippen MR) is 127 cm³/mol. The lowest BCUT2D eigenvalue weighted by Crippen LogP contribution is -2.27. The van der Waals surface area contributed by atoms with E-state index < -0.39 is 0 Å². The second-order valence-electron chi connectivity index (χ2n) is 8.21. The molecule has 0 saturated carbocycles. The molecule has 0 atom stereocenters. The fourth-order valence-corrected chi connectivity index (χ4v) is 5.58. The Balaban J connectivity index is 1.23. The molecule has 2 aromatic carbocycles. The lowest BCUT2D eigenvalue weighted by Gasteiger charge is -2.11. The summed E-state index contributed by atoms with van der Waals surface area (Å²) in [6.07, 6.45) is 6.12. The van der Waals surface area contributed by atoms with Gasteiger partial charge in [-0.1, -0.05) is 18.2 Å². The molecule has 0 fully saturated rings. The Morgan fingerprint density at radius 3 is 2.84 bits per heavy atom. The summed E-state index contributed by atoms with van der Waals surface area (Å²) in [5.41, 5.74) is 2.19. The fourth-order valence-electron chi connectivity index (χ4n) is 4.36. The summed E-state index contributed by atoms with van der Waals surface area (Å²) in [6, 6.07) is 12.0. The summed E-state index contributed by atoms with van der Waals surface area (Å²) in [4.78, 5) is 32.1. The number of fused-ring (bicyclic) bond motifs is 4. The molecule has 1 aliphatic carbocycles. The van der Waals surface area contributed by atoms with Gasteiger partial charge in [0, 0.05) is 24.4 Å². The highest BCUT2D eigenvalue weighted by atomic mass is 32.1. The van der Waals surface area contributed by atoms with E-state index in [2.05, 4.69) is 16.4 Å². The van der Waals surface area contributed by atoms with Crippen molar-refractivity contribution in [1.29, 1.82) is 0 Å². The van der Waals surface area contributed by atoms with Crippen molar-refractivity contribution in [1.82, 2.24) is 14.9 Å². The summed E-state index contributed by atoms with van der Waals surface area (Å²) in [7, 11) is 1.65. The SMILES string of the molecule is COc1ccc2cc(CNC(=O)CCn3cnc4sc5c(c4c3=O)CCCC5)ccc2c1. The highest BCUT2D eigenvalue weighted by Crippen LogP contribution is 2.33. The molecule has 1 amide bonds. The van der Waals surface area contributed by atoms with Gasteiger partial charge in [-0.3, -0.25) is 14.2 Å². The van der Waals surface area contributed by atoms with E-state index in [4.69, 9.17) is 4.74 Å². The van der Waals surface area contributed by atoms with Gasteiger partial charge in [-0.2, -0.15) is 0 Å². The number of aryl methyl sites for hydroxylation is 3. The molecule has 1 N–H and O–H groups in total. The number of methoxy groups -OCH3 is 1. The Hall–Kier alpha value is -3.19. The van der Waals surface area contributed by atoms with Crippen molar-refractivity contribution in [2.24, 2.45) is 0 Å². The zero-order valence-electron chi connectivity index (χ0n) is 18.0. The van der Waals surface area contributed by atoms with Crippen LogP contribution in [0.4, 0.5) is 0 Å². The Bertz CT molecular complexity index is 1370. The lowest BCUT2D eigenvalue weighted by atomic mass is 9.97. The minimum Gasteiger partial charge on any atom is -0.497 e. The molecule has 6 nitrogen and oxygen atoms in total. The van der Waals surface area contributed by atoms with Gasteiger partial charge in [0.05, 0.1) is 18.8 Å². The molecule has 0 unspecified atom stereocenters. The van der Waals surface area contributed by atoms with E-state index >= 15 is 0 Å². The first-order valence-corrected chi connectivity index (χ1v) is 11.8. The van der Waals surface area contributed by atoms with Gasteiger partial charge < -0.3 is 10.1 Å². The Morgan fingerprint density at radius 2 is 1.97 bits per heavy atom. The van der Waals surface area contributed by atoms with E-state index in [-0.39, 0.29) is 17.9 Å². The Labute approximate surface area is 189 Å². The largest absolute Gasteiger partial charge is 0.497 e. The number of carbonyl (C=O) groups is 1. The van der Waals surface area contributed by atoms with Crippen LogP contribution in [0.5, 0.6) is 5.75 Å². The van der Waals surface area contributed by atoms with Crippen molar-refractivity contribution >= 4 is 38.2 Å². The van der Waals surface area contributed by atoms with Crippen molar-refractivity contribution in [3.63, 3.8) is 0 Å². The van der Waals surface area contributed by atoms with E-state index in [1.165, 1.54) is 16.9 Å². The van der Waals surface area contributed by atoms with Crippen molar-refractivity contribution < 1.29 is 9.53 Å². The summed E-state index contributed by atoms with van der Waals surface area (Å²) in [5.74, 6) is 0.739. The number of amides is 1. The molecule has 0 saturated heterocycles. The minimum absolute atomic E-state index is 0.0212. The van der Waals surface area contributed by atoms with Gasteiger partial charge in [0.15, 0.2) is 0 Å². The van der Waals surface area contributed by atoms with Gasteiger partial charge in [-0.15, -0.1) is 11.3 Å². The zero-order valence-corrected chi connectivity index (χ0v) is 18.8. The number of carbonyl (C=O) groups excluding carboxylic acids is 1. The molecule has 0 bridgehead atoms. The van der Waals surface area contributed by atoms with E-state index in [9.17, 15) is 9.59 Å². The first kappa shape index (κ1) is 20.7. The van der Waals surface area contributed by atoms with Crippen molar-refractivity contribution in [3.8, 4) is 5.75 Å². The molecule has 1 aliphatic rings. The summed E-state index contributed by atoms with van der Waals surface area (Å²) < 4.78 is 6.84. The van der Waals surface area contributed by atoms with E-state index in [1.54, 1.807) is 29.3 Å². The van der Waals surface area contributed by atoms with Gasteiger partial charge >= 0.3 is 0 Å². The molecule has 4 aromatic rings. The maximum absolute atomic E-state index is 13.0. The first-order valence-electron chi connectivity index (χ1n) is 11.0. The van der Waals surface area contributed by atoms with Crippen LogP contribution < -0.4 is 15.6 Å². The van der Waals surface area contributed by atoms with Gasteiger partial charge in [-0.25, -0.2) is 4.98 Å². The summed E-state index contributed by atoms with van der Waals surface area (Å²) in [5, 5.41) is 5.92. The fraction of sp³-hybridized carbons (Fsp3) is 0.320. The maximum Gasteiger partial charge on any atom is 0.262 e. The highest BCUT2D eigenvalue weighted by Gasteiger charge is 2.20. The van der Waals surface area contributed by atoms with E-state index in [0.717, 1.165) is 51.6 Å². The molecule has 164 valence electrons. The summed E-state index contributed by atoms with van der Waals surface area (Å²) in [6.45, 7) is 0.779. The van der Waals surface area contributed by atoms with Crippen LogP contribution in [0, 0.1) is 0 Å². The Morgan fingerprint density at radius 1 is 1.16 bits per heavy atom. The zero-order chi connectivity index (χ0) is 22.1. The number of nitrogens with one attached hydrogen (secondary N) is 1. The van der Waals surface area contributed by atoms with Crippen LogP contribution in [0.3, 0.4) is 0 Å². The average Bonchev–Trinajstić information content (AvgIpc) is 3.21. The number of thiophene rings is 1. The van der Waals surface area contributed by atoms with Gasteiger partial charge in [0.25, 0.3) is 5.56 Å². The molecule has 2 aromatic heterocycles.